The van der Waals surface area contributed by atoms with Crippen LogP contribution in [0.4, 0.5) is 0 Å². The average molecular weight is 919 g/mol. The number of hydrogen-bond donors (Lipinski definition) is 0. The summed E-state index contributed by atoms with van der Waals surface area (Å²) in [5.41, 5.74) is 16.2. The summed E-state index contributed by atoms with van der Waals surface area (Å²) in [6, 6.07) is 84.2. The van der Waals surface area contributed by atoms with Crippen LogP contribution >= 0.6 is 11.3 Å². The molecule has 5 heteroatoms. The van der Waals surface area contributed by atoms with E-state index in [2.05, 4.69) is 235 Å². The first kappa shape index (κ1) is 38.9. The van der Waals surface area contributed by atoms with Gasteiger partial charge in [-0.3, -0.25) is 0 Å². The molecule has 0 aliphatic heterocycles. The number of nitrogens with zero attached hydrogens (tertiary/aromatic N) is 4. The second-order valence-electron chi connectivity index (χ2n) is 19.0. The van der Waals surface area contributed by atoms with Gasteiger partial charge in [0.25, 0.3) is 0 Å². The van der Waals surface area contributed by atoms with E-state index in [1.54, 1.807) is 0 Å². The Hall–Kier alpha value is -9.03. The second-order valence-corrected chi connectivity index (χ2v) is 20.0. The molecule has 71 heavy (non-hydrogen) atoms. The van der Waals surface area contributed by atoms with Crippen LogP contribution in [0.15, 0.2) is 231 Å². The van der Waals surface area contributed by atoms with Gasteiger partial charge in [0.1, 0.15) is 0 Å². The standard InChI is InChI=1S/C66H38N4S/c1-3-19-42-39(16-1)18-13-27-50(42)64-67-63(41-34-36-47-46-23-7-11-31-55(46)66(56(47)38-41)53-29-9-5-21-44(53)45-22-6-10-30-54(45)66)68-65(69-64)52-28-14-25-48-49-26-15-33-59(62(49)71-61(48)52)70-57-32-12-8-24-51(57)60-43-20-4-2-17-40(43)35-37-58(60)70/h1-38H. The monoisotopic (exact) mass is 918 g/mol. The zero-order valence-corrected chi connectivity index (χ0v) is 39.0. The molecule has 1 spiro atoms. The van der Waals surface area contributed by atoms with Crippen LogP contribution in [0.3, 0.4) is 0 Å². The third kappa shape index (κ3) is 5.25. The van der Waals surface area contributed by atoms with Crippen molar-refractivity contribution in [2.45, 2.75) is 5.41 Å². The van der Waals surface area contributed by atoms with Crippen LogP contribution in [0.25, 0.3) is 126 Å². The summed E-state index contributed by atoms with van der Waals surface area (Å²) in [6.07, 6.45) is 0. The Kier molecular flexibility index (Phi) is 7.94. The molecule has 0 saturated carbocycles. The number of fused-ring (bicyclic) bond motifs is 19. The third-order valence-corrected chi connectivity index (χ3v) is 16.7. The van der Waals surface area contributed by atoms with Crippen LogP contribution in [-0.2, 0) is 5.41 Å². The maximum Gasteiger partial charge on any atom is 0.165 e. The van der Waals surface area contributed by atoms with Crippen LogP contribution < -0.4 is 0 Å². The molecule has 0 unspecified atom stereocenters. The predicted molar refractivity (Wildman–Crippen MR) is 295 cm³/mol. The Balaban J connectivity index is 0.942. The van der Waals surface area contributed by atoms with E-state index in [0.717, 1.165) is 37.9 Å². The summed E-state index contributed by atoms with van der Waals surface area (Å²) in [4.78, 5) is 16.5. The highest BCUT2D eigenvalue weighted by molar-refractivity contribution is 7.26. The van der Waals surface area contributed by atoms with Crippen LogP contribution in [0.2, 0.25) is 0 Å². The molecule has 0 amide bonds. The maximum absolute atomic E-state index is 5.54. The number of aromatic nitrogens is 4. The summed E-state index contributed by atoms with van der Waals surface area (Å²) in [6.45, 7) is 0. The maximum atomic E-state index is 5.54. The molecule has 2 aliphatic rings. The molecule has 0 N–H and O–H groups in total. The van der Waals surface area contributed by atoms with E-state index in [0.29, 0.717) is 17.5 Å². The Bertz CT molecular complexity index is 4550. The molecule has 4 nitrogen and oxygen atoms in total. The Morgan fingerprint density at radius 2 is 0.831 bits per heavy atom. The highest BCUT2D eigenvalue weighted by atomic mass is 32.1. The molecular formula is C66H38N4S. The SMILES string of the molecule is c1ccc2c(c1)-c1ccccc1C21c2ccccc2-c2ccc(-c3nc(-c4cccc5ccccc45)nc(-c4cccc5c4sc4c(-n6c7ccccc7c7c8ccccc8ccc76)cccc45)n3)cc21. The Morgan fingerprint density at radius 1 is 0.324 bits per heavy atom. The van der Waals surface area contributed by atoms with E-state index in [1.807, 2.05) is 11.3 Å². The fourth-order valence-electron chi connectivity index (χ4n) is 12.6. The molecule has 0 saturated heterocycles. The molecule has 16 rings (SSSR count). The zero-order valence-electron chi connectivity index (χ0n) is 38.1. The average Bonchev–Trinajstić information content (AvgIpc) is 4.17. The Labute approximate surface area is 412 Å². The number of para-hydroxylation sites is 1. The highest BCUT2D eigenvalue weighted by Crippen LogP contribution is 2.63. The first-order chi connectivity index (χ1) is 35.2. The molecule has 11 aromatic carbocycles. The number of hydrogen-bond acceptors (Lipinski definition) is 4. The molecule has 14 aromatic rings. The van der Waals surface area contributed by atoms with Gasteiger partial charge in [-0.1, -0.05) is 200 Å². The highest BCUT2D eigenvalue weighted by Gasteiger charge is 2.51. The minimum absolute atomic E-state index is 0.493. The first-order valence-electron chi connectivity index (χ1n) is 24.3. The fraction of sp³-hybridized carbons (Fsp3) is 0.0152. The smallest absolute Gasteiger partial charge is 0.165 e. The van der Waals surface area contributed by atoms with Crippen molar-refractivity contribution in [1.82, 2.24) is 19.5 Å². The summed E-state index contributed by atoms with van der Waals surface area (Å²) < 4.78 is 4.83. The summed E-state index contributed by atoms with van der Waals surface area (Å²) in [7, 11) is 0. The van der Waals surface area contributed by atoms with Crippen molar-refractivity contribution >= 4 is 74.9 Å². The van der Waals surface area contributed by atoms with E-state index in [-0.39, 0.29) is 0 Å². The molecule has 0 fully saturated rings. The fourth-order valence-corrected chi connectivity index (χ4v) is 13.9. The van der Waals surface area contributed by atoms with Gasteiger partial charge in [-0.15, -0.1) is 11.3 Å². The summed E-state index contributed by atoms with van der Waals surface area (Å²) >= 11 is 1.82. The van der Waals surface area contributed by atoms with Crippen LogP contribution in [0.5, 0.6) is 0 Å². The van der Waals surface area contributed by atoms with Crippen molar-refractivity contribution in [1.29, 1.82) is 0 Å². The van der Waals surface area contributed by atoms with Gasteiger partial charge in [-0.05, 0) is 96.4 Å². The summed E-state index contributed by atoms with van der Waals surface area (Å²) in [5, 5.41) is 9.66. The summed E-state index contributed by atoms with van der Waals surface area (Å²) in [5.74, 6) is 1.94. The van der Waals surface area contributed by atoms with Gasteiger partial charge in [0.05, 0.1) is 26.8 Å². The minimum Gasteiger partial charge on any atom is -0.308 e. The van der Waals surface area contributed by atoms with Crippen LogP contribution in [0.1, 0.15) is 22.3 Å². The topological polar surface area (TPSA) is 43.6 Å². The van der Waals surface area contributed by atoms with Crippen molar-refractivity contribution in [3.8, 4) is 62.1 Å². The molecule has 328 valence electrons. The second kappa shape index (κ2) is 14.5. The molecular weight excluding hydrogens is 881 g/mol. The first-order valence-corrected chi connectivity index (χ1v) is 25.1. The lowest BCUT2D eigenvalue weighted by Crippen LogP contribution is -2.25. The lowest BCUT2D eigenvalue weighted by atomic mass is 9.70. The van der Waals surface area contributed by atoms with Gasteiger partial charge >= 0.3 is 0 Å². The van der Waals surface area contributed by atoms with Gasteiger partial charge in [0, 0.05) is 42.9 Å². The molecule has 0 radical (unpaired) electrons. The van der Waals surface area contributed by atoms with E-state index >= 15 is 0 Å². The van der Waals surface area contributed by atoms with Crippen LogP contribution in [-0.4, -0.2) is 19.5 Å². The number of thiophene rings is 1. The quantitative estimate of drug-likeness (QED) is 0.177. The molecule has 3 heterocycles. The lowest BCUT2D eigenvalue weighted by molar-refractivity contribution is 0.794. The van der Waals surface area contributed by atoms with Gasteiger partial charge in [0.2, 0.25) is 0 Å². The van der Waals surface area contributed by atoms with Gasteiger partial charge in [-0.2, -0.15) is 0 Å². The van der Waals surface area contributed by atoms with E-state index in [9.17, 15) is 0 Å². The molecule has 3 aromatic heterocycles. The van der Waals surface area contributed by atoms with Gasteiger partial charge in [0.15, 0.2) is 17.5 Å². The van der Waals surface area contributed by atoms with Crippen LogP contribution in [0, 0.1) is 0 Å². The normalized spacial score (nSPS) is 13.2. The molecule has 0 atom stereocenters. The van der Waals surface area contributed by atoms with E-state index < -0.39 is 5.41 Å². The van der Waals surface area contributed by atoms with E-state index in [4.69, 9.17) is 15.0 Å². The van der Waals surface area contributed by atoms with Crippen molar-refractivity contribution in [3.63, 3.8) is 0 Å². The number of benzene rings is 11. The molecule has 2 aliphatic carbocycles. The van der Waals surface area contributed by atoms with Crippen molar-refractivity contribution in [2.24, 2.45) is 0 Å². The largest absolute Gasteiger partial charge is 0.308 e. The van der Waals surface area contributed by atoms with Gasteiger partial charge in [-0.25, -0.2) is 15.0 Å². The zero-order chi connectivity index (χ0) is 46.4. The Morgan fingerprint density at radius 3 is 1.58 bits per heavy atom. The molecule has 0 bridgehead atoms. The third-order valence-electron chi connectivity index (χ3n) is 15.5. The van der Waals surface area contributed by atoms with Crippen molar-refractivity contribution in [3.05, 3.63) is 253 Å². The van der Waals surface area contributed by atoms with Gasteiger partial charge < -0.3 is 4.57 Å². The number of rotatable bonds is 4. The van der Waals surface area contributed by atoms with Crippen molar-refractivity contribution < 1.29 is 0 Å². The van der Waals surface area contributed by atoms with E-state index in [1.165, 1.54) is 92.6 Å². The van der Waals surface area contributed by atoms with Crippen molar-refractivity contribution in [2.75, 3.05) is 0 Å². The predicted octanol–water partition coefficient (Wildman–Crippen LogP) is 17.0. The minimum atomic E-state index is -0.493. The lowest BCUT2D eigenvalue weighted by Gasteiger charge is -2.30.